The summed E-state index contributed by atoms with van der Waals surface area (Å²) in [5, 5.41) is 5.47. The molecule has 0 bridgehead atoms. The van der Waals surface area contributed by atoms with Gasteiger partial charge >= 0.3 is 12.2 Å². The van der Waals surface area contributed by atoms with Gasteiger partial charge in [-0.25, -0.2) is 19.6 Å². The molecule has 4 amide bonds. The molecule has 326 valence electrons. The number of benzene rings is 4. The van der Waals surface area contributed by atoms with E-state index in [2.05, 4.69) is 57.0 Å². The van der Waals surface area contributed by atoms with Crippen LogP contribution in [0, 0.1) is 0 Å². The Hall–Kier alpha value is -7.26. The van der Waals surface area contributed by atoms with Crippen LogP contribution in [0.4, 0.5) is 9.59 Å². The Bertz CT molecular complexity index is 2550. The van der Waals surface area contributed by atoms with Crippen LogP contribution in [0.5, 0.6) is 0 Å². The fourth-order valence-corrected chi connectivity index (χ4v) is 9.93. The lowest BCUT2D eigenvalue weighted by molar-refractivity contribution is -0.135. The van der Waals surface area contributed by atoms with Crippen molar-refractivity contribution in [1.82, 2.24) is 40.4 Å². The lowest BCUT2D eigenvalue weighted by Gasteiger charge is -2.40. The minimum Gasteiger partial charge on any atom is -0.453 e. The third-order valence-electron chi connectivity index (χ3n) is 13.2. The number of methoxy groups -OCH3 is 2. The SMILES string of the molecule is COC(=O)N[C@H](C(=O)N1CCC[C@H]1c1ncc(-c2ccc3c(c2)C2(COC2)c2cc(-c4cnc([C@@H]5CCCN5C(=O)[C@@H](NC(=O)OC)c5ccccc5)[nH]4)ccc2-3)[nH]1)c1ccccc1. The average Bonchev–Trinajstić information content (AvgIpc) is 4.18. The van der Waals surface area contributed by atoms with Crippen molar-refractivity contribution in [2.24, 2.45) is 0 Å². The van der Waals surface area contributed by atoms with Crippen molar-refractivity contribution in [2.45, 2.75) is 55.3 Å². The lowest BCUT2D eigenvalue weighted by Crippen LogP contribution is -2.46. The molecule has 1 spiro atoms. The number of amides is 4. The first-order valence-corrected chi connectivity index (χ1v) is 21.6. The summed E-state index contributed by atoms with van der Waals surface area (Å²) in [4.78, 5) is 73.2. The molecule has 4 atom stereocenters. The molecule has 4 aromatic carbocycles. The van der Waals surface area contributed by atoms with E-state index < -0.39 is 24.3 Å². The fraction of sp³-hybridized carbons (Fsp3) is 0.306. The number of carbonyl (C=O) groups excluding carboxylic acids is 4. The number of alkyl carbamates (subject to hydrolysis) is 2. The van der Waals surface area contributed by atoms with Gasteiger partial charge in [-0.3, -0.25) is 9.59 Å². The van der Waals surface area contributed by atoms with Crippen LogP contribution >= 0.6 is 0 Å². The first kappa shape index (κ1) is 40.8. The summed E-state index contributed by atoms with van der Waals surface area (Å²) in [5.74, 6) is 0.947. The van der Waals surface area contributed by atoms with E-state index in [-0.39, 0.29) is 29.3 Å². The molecule has 0 saturated carbocycles. The molecule has 6 aromatic rings. The predicted molar refractivity (Wildman–Crippen MR) is 235 cm³/mol. The van der Waals surface area contributed by atoms with Gasteiger partial charge in [0.15, 0.2) is 0 Å². The summed E-state index contributed by atoms with van der Waals surface area (Å²) in [6, 6.07) is 29.0. The molecule has 3 saturated heterocycles. The van der Waals surface area contributed by atoms with E-state index in [9.17, 15) is 19.2 Å². The van der Waals surface area contributed by atoms with Gasteiger partial charge in [-0.1, -0.05) is 84.9 Å². The number of nitrogens with zero attached hydrogens (tertiary/aromatic N) is 4. The van der Waals surface area contributed by atoms with E-state index in [0.717, 1.165) is 59.3 Å². The first-order valence-electron chi connectivity index (χ1n) is 21.6. The zero-order chi connectivity index (χ0) is 44.0. The number of aromatic nitrogens is 4. The molecule has 0 unspecified atom stereocenters. The number of fused-ring (bicyclic) bond motifs is 5. The first-order chi connectivity index (χ1) is 31.3. The second-order valence-electron chi connectivity index (χ2n) is 16.8. The molecule has 4 N–H and O–H groups in total. The van der Waals surface area contributed by atoms with Crippen LogP contribution in [0.25, 0.3) is 33.6 Å². The van der Waals surface area contributed by atoms with Gasteiger partial charge in [0.2, 0.25) is 0 Å². The van der Waals surface area contributed by atoms with Gasteiger partial charge in [-0.05, 0) is 82.3 Å². The van der Waals surface area contributed by atoms with Gasteiger partial charge in [0.1, 0.15) is 23.7 Å². The molecule has 1 aliphatic carbocycles. The second kappa shape index (κ2) is 16.8. The third kappa shape index (κ3) is 7.15. The minimum atomic E-state index is -0.900. The largest absolute Gasteiger partial charge is 0.453 e. The van der Waals surface area contributed by atoms with Crippen LogP contribution in [0.2, 0.25) is 0 Å². The molecular formula is C49H48N8O7. The Morgan fingerprint density at radius 2 is 1.09 bits per heavy atom. The van der Waals surface area contributed by atoms with Crippen molar-refractivity contribution in [3.8, 4) is 33.6 Å². The fourth-order valence-electron chi connectivity index (χ4n) is 9.93. The molecule has 10 rings (SSSR count). The van der Waals surface area contributed by atoms with Gasteiger partial charge in [0.05, 0.1) is 68.7 Å². The maximum atomic E-state index is 14.1. The molecule has 5 heterocycles. The number of ether oxygens (including phenoxy) is 3. The van der Waals surface area contributed by atoms with Crippen LogP contribution in [0.3, 0.4) is 0 Å². The molecule has 3 aliphatic heterocycles. The number of hydrogen-bond donors (Lipinski definition) is 4. The van der Waals surface area contributed by atoms with Gasteiger partial charge in [-0.2, -0.15) is 0 Å². The molecule has 4 aliphatic rings. The maximum absolute atomic E-state index is 14.1. The van der Waals surface area contributed by atoms with Crippen LogP contribution in [-0.2, 0) is 29.2 Å². The molecule has 2 aromatic heterocycles. The highest BCUT2D eigenvalue weighted by molar-refractivity contribution is 5.89. The molecule has 15 heteroatoms. The quantitative estimate of drug-likeness (QED) is 0.110. The Kier molecular flexibility index (Phi) is 10.7. The molecular weight excluding hydrogens is 813 g/mol. The summed E-state index contributed by atoms with van der Waals surface area (Å²) in [7, 11) is 2.57. The normalized spacial score (nSPS) is 19.0. The maximum Gasteiger partial charge on any atom is 0.407 e. The second-order valence-corrected chi connectivity index (χ2v) is 16.8. The van der Waals surface area contributed by atoms with Crippen LogP contribution in [0.1, 0.15) is 83.8 Å². The lowest BCUT2D eigenvalue weighted by atomic mass is 9.75. The summed E-state index contributed by atoms with van der Waals surface area (Å²) < 4.78 is 15.7. The van der Waals surface area contributed by atoms with Crippen LogP contribution < -0.4 is 10.6 Å². The number of hydrogen-bond acceptors (Lipinski definition) is 9. The highest BCUT2D eigenvalue weighted by Gasteiger charge is 2.49. The molecule has 0 radical (unpaired) electrons. The van der Waals surface area contributed by atoms with Gasteiger partial charge in [0, 0.05) is 13.1 Å². The van der Waals surface area contributed by atoms with Crippen molar-refractivity contribution in [3.63, 3.8) is 0 Å². The Labute approximate surface area is 369 Å². The predicted octanol–water partition coefficient (Wildman–Crippen LogP) is 7.29. The zero-order valence-electron chi connectivity index (χ0n) is 35.5. The number of imidazole rings is 2. The Morgan fingerprint density at radius 3 is 1.48 bits per heavy atom. The number of carbonyl (C=O) groups is 4. The summed E-state index contributed by atoms with van der Waals surface area (Å²) in [6.07, 6.45) is 5.38. The standard InChI is InChI=1S/C49H48N8O7/c1-62-47(60)54-41(29-11-5-3-6-12-29)45(58)56-21-9-15-39(56)43-50-25-37(52-43)31-17-19-33-34-20-18-32(24-36(34)49(27-64-28-49)35(33)23-31)38-26-51-44(53-38)40-16-10-22-57(40)46(59)42(55-48(61)63-2)30-13-7-4-8-14-30/h3-8,11-14,17-20,23-26,39-42H,9-10,15-16,21-22,27-28H2,1-2H3,(H,50,52)(H,51,53)(H,54,60)(H,55,61)/t39-,40-,41-,42-/m0/s1. The van der Waals surface area contributed by atoms with Crippen molar-refractivity contribution in [1.29, 1.82) is 0 Å². The van der Waals surface area contributed by atoms with Crippen molar-refractivity contribution in [2.75, 3.05) is 40.5 Å². The van der Waals surface area contributed by atoms with E-state index >= 15 is 0 Å². The van der Waals surface area contributed by atoms with Crippen molar-refractivity contribution >= 4 is 24.0 Å². The molecule has 64 heavy (non-hydrogen) atoms. The zero-order valence-corrected chi connectivity index (χ0v) is 35.5. The summed E-state index contributed by atoms with van der Waals surface area (Å²) in [5.41, 5.74) is 9.36. The van der Waals surface area contributed by atoms with Crippen molar-refractivity contribution in [3.05, 3.63) is 143 Å². The number of H-pyrrole nitrogens is 2. The number of aromatic amines is 2. The van der Waals surface area contributed by atoms with Crippen LogP contribution in [0.15, 0.2) is 109 Å². The van der Waals surface area contributed by atoms with E-state index in [0.29, 0.717) is 49.1 Å². The van der Waals surface area contributed by atoms with E-state index in [4.69, 9.17) is 24.2 Å². The third-order valence-corrected chi connectivity index (χ3v) is 13.2. The van der Waals surface area contributed by atoms with Gasteiger partial charge < -0.3 is 44.6 Å². The van der Waals surface area contributed by atoms with E-state index in [1.54, 1.807) is 9.80 Å². The van der Waals surface area contributed by atoms with Crippen molar-refractivity contribution < 1.29 is 33.4 Å². The Balaban J connectivity index is 0.885. The molecule has 15 nitrogen and oxygen atoms in total. The highest BCUT2D eigenvalue weighted by atomic mass is 16.5. The van der Waals surface area contributed by atoms with Gasteiger partial charge in [-0.15, -0.1) is 0 Å². The van der Waals surface area contributed by atoms with E-state index in [1.165, 1.54) is 25.3 Å². The number of nitrogens with one attached hydrogen (secondary N) is 4. The average molecular weight is 861 g/mol. The van der Waals surface area contributed by atoms with E-state index in [1.807, 2.05) is 73.1 Å². The summed E-state index contributed by atoms with van der Waals surface area (Å²) >= 11 is 0. The monoisotopic (exact) mass is 860 g/mol. The number of rotatable bonds is 10. The number of likely N-dealkylation sites (tertiary alicyclic amines) is 2. The minimum absolute atomic E-state index is 0.220. The smallest absolute Gasteiger partial charge is 0.407 e. The highest BCUT2D eigenvalue weighted by Crippen LogP contribution is 2.54. The topological polar surface area (TPSA) is 184 Å². The Morgan fingerprint density at radius 1 is 0.656 bits per heavy atom. The molecule has 3 fully saturated rings. The summed E-state index contributed by atoms with van der Waals surface area (Å²) in [6.45, 7) is 2.17. The van der Waals surface area contributed by atoms with Gasteiger partial charge in [0.25, 0.3) is 11.8 Å². The van der Waals surface area contributed by atoms with Crippen LogP contribution in [-0.4, -0.2) is 94.3 Å².